The molecule has 9 heteroatoms. The number of esters is 1. The zero-order valence-corrected chi connectivity index (χ0v) is 18.0. The molecular formula is C19H18Cl2N2O4S. The number of ether oxygens (including phenoxy) is 1. The highest BCUT2D eigenvalue weighted by molar-refractivity contribution is 7.18. The van der Waals surface area contributed by atoms with Gasteiger partial charge in [0.2, 0.25) is 5.91 Å². The van der Waals surface area contributed by atoms with Crippen molar-refractivity contribution in [2.45, 2.75) is 6.92 Å². The van der Waals surface area contributed by atoms with E-state index in [0.29, 0.717) is 26.0 Å². The number of hydrogen-bond acceptors (Lipinski definition) is 5. The van der Waals surface area contributed by atoms with Gasteiger partial charge in [0.05, 0.1) is 17.6 Å². The number of thiophene rings is 1. The fraction of sp³-hybridized carbons (Fsp3) is 0.211. The first-order valence-electron chi connectivity index (χ1n) is 8.03. The van der Waals surface area contributed by atoms with Gasteiger partial charge in [0, 0.05) is 30.2 Å². The summed E-state index contributed by atoms with van der Waals surface area (Å²) < 4.78 is 4.79. The van der Waals surface area contributed by atoms with Gasteiger partial charge in [-0.25, -0.2) is 4.79 Å². The lowest BCUT2D eigenvalue weighted by Gasteiger charge is -2.08. The third-order valence-electron chi connectivity index (χ3n) is 3.75. The Kier molecular flexibility index (Phi) is 7.23. The summed E-state index contributed by atoms with van der Waals surface area (Å²) in [5, 5.41) is 3.76. The van der Waals surface area contributed by atoms with Crippen LogP contribution in [0.25, 0.3) is 6.08 Å². The van der Waals surface area contributed by atoms with Crippen molar-refractivity contribution in [3.8, 4) is 0 Å². The van der Waals surface area contributed by atoms with Crippen LogP contribution >= 0.6 is 34.5 Å². The third-order valence-corrected chi connectivity index (χ3v) is 5.51. The highest BCUT2D eigenvalue weighted by Gasteiger charge is 2.26. The molecule has 2 aromatic rings. The van der Waals surface area contributed by atoms with Crippen molar-refractivity contribution in [3.63, 3.8) is 0 Å². The standard InChI is InChI=1S/C19H18Cl2N2O4S/c1-10-15(19(26)27-4)17(28-16(10)18(25)23(2)3)22-14(24)8-6-11-5-7-12(20)9-13(11)21/h5-9H,1-4H3,(H,22,24)/b8-6+. The summed E-state index contributed by atoms with van der Waals surface area (Å²) in [6.45, 7) is 1.64. The first kappa shape index (κ1) is 21.9. The Morgan fingerprint density at radius 3 is 2.46 bits per heavy atom. The Balaban J connectivity index is 2.32. The molecule has 2 rings (SSSR count). The molecule has 28 heavy (non-hydrogen) atoms. The van der Waals surface area contributed by atoms with Gasteiger partial charge in [-0.05, 0) is 36.3 Å². The second-order valence-corrected chi connectivity index (χ2v) is 7.80. The molecule has 148 valence electrons. The molecule has 2 amide bonds. The number of carbonyl (C=O) groups excluding carboxylic acids is 3. The van der Waals surface area contributed by atoms with Crippen LogP contribution in [-0.2, 0) is 9.53 Å². The van der Waals surface area contributed by atoms with E-state index < -0.39 is 11.9 Å². The smallest absolute Gasteiger partial charge is 0.341 e. The number of hydrogen-bond donors (Lipinski definition) is 1. The maximum absolute atomic E-state index is 12.3. The maximum Gasteiger partial charge on any atom is 0.341 e. The van der Waals surface area contributed by atoms with Crippen molar-refractivity contribution in [2.75, 3.05) is 26.5 Å². The van der Waals surface area contributed by atoms with Gasteiger partial charge < -0.3 is 15.0 Å². The quantitative estimate of drug-likeness (QED) is 0.548. The van der Waals surface area contributed by atoms with Crippen LogP contribution in [0.2, 0.25) is 10.0 Å². The second-order valence-electron chi connectivity index (χ2n) is 5.94. The predicted octanol–water partition coefficient (Wildman–Crippen LogP) is 4.50. The summed E-state index contributed by atoms with van der Waals surface area (Å²) >= 11 is 13.0. The van der Waals surface area contributed by atoms with E-state index in [0.717, 1.165) is 11.3 Å². The second kappa shape index (κ2) is 9.23. The molecule has 1 aromatic heterocycles. The van der Waals surface area contributed by atoms with E-state index in [1.807, 2.05) is 0 Å². The van der Waals surface area contributed by atoms with Crippen LogP contribution in [0.15, 0.2) is 24.3 Å². The van der Waals surface area contributed by atoms with Crippen LogP contribution in [0.4, 0.5) is 5.00 Å². The molecule has 0 aliphatic heterocycles. The molecular weight excluding hydrogens is 423 g/mol. The minimum atomic E-state index is -0.633. The first-order valence-corrected chi connectivity index (χ1v) is 9.60. The Morgan fingerprint density at radius 1 is 1.21 bits per heavy atom. The fourth-order valence-electron chi connectivity index (χ4n) is 2.31. The van der Waals surface area contributed by atoms with Crippen molar-refractivity contribution >= 4 is 63.4 Å². The molecule has 0 fully saturated rings. The van der Waals surface area contributed by atoms with Gasteiger partial charge in [0.25, 0.3) is 5.91 Å². The molecule has 0 unspecified atom stereocenters. The van der Waals surface area contributed by atoms with Gasteiger partial charge in [-0.3, -0.25) is 9.59 Å². The molecule has 1 N–H and O–H groups in total. The van der Waals surface area contributed by atoms with Crippen LogP contribution in [0.5, 0.6) is 0 Å². The molecule has 6 nitrogen and oxygen atoms in total. The fourth-order valence-corrected chi connectivity index (χ4v) is 4.00. The zero-order valence-electron chi connectivity index (χ0n) is 15.6. The predicted molar refractivity (Wildman–Crippen MR) is 113 cm³/mol. The van der Waals surface area contributed by atoms with E-state index in [-0.39, 0.29) is 16.5 Å². The Morgan fingerprint density at radius 2 is 1.89 bits per heavy atom. The lowest BCUT2D eigenvalue weighted by atomic mass is 10.1. The molecule has 1 aromatic carbocycles. The van der Waals surface area contributed by atoms with Crippen molar-refractivity contribution in [1.82, 2.24) is 4.90 Å². The minimum absolute atomic E-state index is 0.156. The van der Waals surface area contributed by atoms with Crippen molar-refractivity contribution in [3.05, 3.63) is 55.9 Å². The summed E-state index contributed by atoms with van der Waals surface area (Å²) in [7, 11) is 4.45. The van der Waals surface area contributed by atoms with E-state index in [1.165, 1.54) is 24.2 Å². The topological polar surface area (TPSA) is 75.7 Å². The van der Waals surface area contributed by atoms with Crippen LogP contribution in [-0.4, -0.2) is 43.9 Å². The summed E-state index contributed by atoms with van der Waals surface area (Å²) in [6.07, 6.45) is 2.80. The number of benzene rings is 1. The molecule has 0 saturated heterocycles. The van der Waals surface area contributed by atoms with Gasteiger partial charge >= 0.3 is 5.97 Å². The van der Waals surface area contributed by atoms with Crippen molar-refractivity contribution in [1.29, 1.82) is 0 Å². The van der Waals surface area contributed by atoms with E-state index in [1.54, 1.807) is 39.2 Å². The Labute approximate surface area is 176 Å². The lowest BCUT2D eigenvalue weighted by molar-refractivity contribution is -0.111. The van der Waals surface area contributed by atoms with Gasteiger partial charge in [0.15, 0.2) is 0 Å². The van der Waals surface area contributed by atoms with E-state index in [2.05, 4.69) is 5.32 Å². The monoisotopic (exact) mass is 440 g/mol. The van der Waals surface area contributed by atoms with Crippen molar-refractivity contribution < 1.29 is 19.1 Å². The van der Waals surface area contributed by atoms with E-state index in [9.17, 15) is 14.4 Å². The summed E-state index contributed by atoms with van der Waals surface area (Å²) in [4.78, 5) is 38.6. The zero-order chi connectivity index (χ0) is 21.0. The molecule has 0 spiro atoms. The molecule has 0 aliphatic rings. The van der Waals surface area contributed by atoms with Gasteiger partial charge in [0.1, 0.15) is 5.00 Å². The maximum atomic E-state index is 12.3. The van der Waals surface area contributed by atoms with Gasteiger partial charge in [-0.2, -0.15) is 0 Å². The lowest BCUT2D eigenvalue weighted by Crippen LogP contribution is -2.21. The van der Waals surface area contributed by atoms with Crippen LogP contribution in [0.3, 0.4) is 0 Å². The average Bonchev–Trinajstić information content (AvgIpc) is 2.95. The number of amides is 2. The first-order chi connectivity index (χ1) is 13.1. The van der Waals surface area contributed by atoms with Crippen molar-refractivity contribution in [2.24, 2.45) is 0 Å². The van der Waals surface area contributed by atoms with Crippen LogP contribution in [0.1, 0.15) is 31.2 Å². The number of carbonyl (C=O) groups is 3. The third kappa shape index (κ3) is 4.92. The van der Waals surface area contributed by atoms with E-state index in [4.69, 9.17) is 27.9 Å². The molecule has 0 saturated carbocycles. The Hall–Kier alpha value is -2.35. The minimum Gasteiger partial charge on any atom is -0.465 e. The molecule has 1 heterocycles. The SMILES string of the molecule is COC(=O)c1c(NC(=O)/C=C/c2ccc(Cl)cc2Cl)sc(C(=O)N(C)C)c1C. The van der Waals surface area contributed by atoms with E-state index >= 15 is 0 Å². The summed E-state index contributed by atoms with van der Waals surface area (Å²) in [5.41, 5.74) is 1.22. The average molecular weight is 441 g/mol. The highest BCUT2D eigenvalue weighted by Crippen LogP contribution is 2.34. The summed E-state index contributed by atoms with van der Waals surface area (Å²) in [5.74, 6) is -1.38. The normalized spacial score (nSPS) is 10.8. The number of nitrogens with zero attached hydrogens (tertiary/aromatic N) is 1. The largest absolute Gasteiger partial charge is 0.465 e. The molecule has 0 aliphatic carbocycles. The Bertz CT molecular complexity index is 967. The number of anilines is 1. The number of methoxy groups -OCH3 is 1. The number of halogens is 2. The van der Waals surface area contributed by atoms with Crippen LogP contribution in [0, 0.1) is 6.92 Å². The molecule has 0 bridgehead atoms. The summed E-state index contributed by atoms with van der Waals surface area (Å²) in [6, 6.07) is 4.90. The number of nitrogens with one attached hydrogen (secondary N) is 1. The van der Waals surface area contributed by atoms with Gasteiger partial charge in [-0.1, -0.05) is 29.3 Å². The highest BCUT2D eigenvalue weighted by atomic mass is 35.5. The molecule has 0 atom stereocenters. The van der Waals surface area contributed by atoms with Gasteiger partial charge in [-0.15, -0.1) is 11.3 Å². The number of rotatable bonds is 5. The molecule has 0 radical (unpaired) electrons. The van der Waals surface area contributed by atoms with Crippen LogP contribution < -0.4 is 5.32 Å².